The molecule has 2 aromatic carbocycles. The minimum absolute atomic E-state index is 0.0756. The Labute approximate surface area is 165 Å². The van der Waals surface area contributed by atoms with Gasteiger partial charge in [-0.25, -0.2) is 8.42 Å². The SMILES string of the molecule is CCc1cccc(NC(=O)CN2C(=O)CC(C)(C)S(=O)(=O)c3ccccc32)c1. The van der Waals surface area contributed by atoms with E-state index in [1.54, 1.807) is 24.3 Å². The summed E-state index contributed by atoms with van der Waals surface area (Å²) in [7, 11) is -3.72. The molecule has 1 heterocycles. The summed E-state index contributed by atoms with van der Waals surface area (Å²) in [4.78, 5) is 26.8. The molecule has 0 aliphatic carbocycles. The number of amides is 2. The summed E-state index contributed by atoms with van der Waals surface area (Å²) >= 11 is 0. The number of sulfone groups is 1. The average Bonchev–Trinajstić information content (AvgIpc) is 2.70. The Bertz CT molecular complexity index is 1030. The van der Waals surface area contributed by atoms with Crippen molar-refractivity contribution in [2.24, 2.45) is 0 Å². The maximum atomic E-state index is 13.0. The number of carbonyl (C=O) groups excluding carboxylic acids is 2. The first-order valence-electron chi connectivity index (χ1n) is 9.18. The second kappa shape index (κ2) is 7.39. The number of anilines is 2. The second-order valence-electron chi connectivity index (χ2n) is 7.49. The van der Waals surface area contributed by atoms with Crippen molar-refractivity contribution >= 4 is 33.0 Å². The van der Waals surface area contributed by atoms with Crippen molar-refractivity contribution in [3.8, 4) is 0 Å². The molecule has 0 saturated carbocycles. The fourth-order valence-corrected chi connectivity index (χ4v) is 4.90. The van der Waals surface area contributed by atoms with Crippen LogP contribution in [-0.4, -0.2) is 31.5 Å². The number of hydrogen-bond acceptors (Lipinski definition) is 4. The molecule has 0 bridgehead atoms. The number of para-hydroxylation sites is 1. The van der Waals surface area contributed by atoms with Gasteiger partial charge in [0.1, 0.15) is 6.54 Å². The maximum absolute atomic E-state index is 13.0. The normalized spacial score (nSPS) is 17.5. The number of fused-ring (bicyclic) bond motifs is 1. The molecule has 0 aromatic heterocycles. The molecule has 1 aliphatic rings. The minimum atomic E-state index is -3.72. The first kappa shape index (κ1) is 20.1. The molecule has 0 atom stereocenters. The number of rotatable bonds is 4. The molecule has 28 heavy (non-hydrogen) atoms. The van der Waals surface area contributed by atoms with Gasteiger partial charge >= 0.3 is 0 Å². The number of benzene rings is 2. The quantitative estimate of drug-likeness (QED) is 0.854. The van der Waals surface area contributed by atoms with Crippen LogP contribution < -0.4 is 10.2 Å². The topological polar surface area (TPSA) is 83.6 Å². The van der Waals surface area contributed by atoms with Crippen molar-refractivity contribution in [2.45, 2.75) is 43.3 Å². The van der Waals surface area contributed by atoms with Gasteiger partial charge in [-0.2, -0.15) is 0 Å². The van der Waals surface area contributed by atoms with E-state index < -0.39 is 20.5 Å². The highest BCUT2D eigenvalue weighted by Gasteiger charge is 2.44. The van der Waals surface area contributed by atoms with Crippen molar-refractivity contribution in [1.29, 1.82) is 0 Å². The van der Waals surface area contributed by atoms with Crippen LogP contribution in [-0.2, 0) is 25.8 Å². The molecule has 3 rings (SSSR count). The van der Waals surface area contributed by atoms with Crippen molar-refractivity contribution in [3.05, 3.63) is 54.1 Å². The van der Waals surface area contributed by atoms with Crippen LogP contribution in [0.4, 0.5) is 11.4 Å². The lowest BCUT2D eigenvalue weighted by Crippen LogP contribution is -2.40. The molecule has 2 amide bonds. The highest BCUT2D eigenvalue weighted by molar-refractivity contribution is 7.93. The number of nitrogens with zero attached hydrogens (tertiary/aromatic N) is 1. The van der Waals surface area contributed by atoms with Crippen molar-refractivity contribution < 1.29 is 18.0 Å². The molecule has 7 heteroatoms. The van der Waals surface area contributed by atoms with E-state index in [-0.39, 0.29) is 29.5 Å². The zero-order valence-corrected chi connectivity index (χ0v) is 17.0. The highest BCUT2D eigenvalue weighted by atomic mass is 32.2. The predicted molar refractivity (Wildman–Crippen MR) is 109 cm³/mol. The van der Waals surface area contributed by atoms with Gasteiger partial charge in [-0.15, -0.1) is 0 Å². The van der Waals surface area contributed by atoms with Gasteiger partial charge in [0.05, 0.1) is 15.3 Å². The zero-order valence-electron chi connectivity index (χ0n) is 16.2. The number of nitrogens with one attached hydrogen (secondary N) is 1. The Hall–Kier alpha value is -2.67. The summed E-state index contributed by atoms with van der Waals surface area (Å²) in [5.74, 6) is -0.774. The van der Waals surface area contributed by atoms with Crippen LogP contribution in [0.25, 0.3) is 0 Å². The third-order valence-electron chi connectivity index (χ3n) is 4.97. The second-order valence-corrected chi connectivity index (χ2v) is 10.0. The molecular weight excluding hydrogens is 376 g/mol. The first-order chi connectivity index (χ1) is 13.2. The monoisotopic (exact) mass is 400 g/mol. The Morgan fingerprint density at radius 2 is 1.86 bits per heavy atom. The van der Waals surface area contributed by atoms with E-state index in [1.807, 2.05) is 25.1 Å². The zero-order chi connectivity index (χ0) is 20.5. The Morgan fingerprint density at radius 1 is 1.14 bits per heavy atom. The minimum Gasteiger partial charge on any atom is -0.325 e. The number of hydrogen-bond donors (Lipinski definition) is 1. The number of carbonyl (C=O) groups is 2. The highest BCUT2D eigenvalue weighted by Crippen LogP contribution is 2.38. The van der Waals surface area contributed by atoms with Crippen molar-refractivity contribution in [2.75, 3.05) is 16.8 Å². The molecule has 0 unspecified atom stereocenters. The predicted octanol–water partition coefficient (Wildman–Crippen LogP) is 3.18. The summed E-state index contributed by atoms with van der Waals surface area (Å²) in [6, 6.07) is 13.8. The fourth-order valence-electron chi connectivity index (χ4n) is 3.28. The lowest BCUT2D eigenvalue weighted by molar-refractivity contribution is -0.121. The number of aryl methyl sites for hydroxylation is 1. The van der Waals surface area contributed by atoms with Gasteiger partial charge < -0.3 is 10.2 Å². The van der Waals surface area contributed by atoms with Crippen LogP contribution in [0.5, 0.6) is 0 Å². The summed E-state index contributed by atoms with van der Waals surface area (Å²) in [6.07, 6.45) is 0.650. The first-order valence-corrected chi connectivity index (χ1v) is 10.7. The maximum Gasteiger partial charge on any atom is 0.244 e. The molecule has 0 radical (unpaired) electrons. The Kier molecular flexibility index (Phi) is 5.30. The van der Waals surface area contributed by atoms with Crippen LogP contribution in [0, 0.1) is 0 Å². The van der Waals surface area contributed by atoms with E-state index >= 15 is 0 Å². The molecule has 1 N–H and O–H groups in total. The summed E-state index contributed by atoms with van der Waals surface area (Å²) in [5, 5.41) is 2.79. The van der Waals surface area contributed by atoms with E-state index in [9.17, 15) is 18.0 Å². The molecule has 0 saturated heterocycles. The van der Waals surface area contributed by atoms with Crippen LogP contribution in [0.1, 0.15) is 32.8 Å². The molecular formula is C21H24N2O4S. The smallest absolute Gasteiger partial charge is 0.244 e. The summed E-state index contributed by atoms with van der Waals surface area (Å²) < 4.78 is 24.8. The molecule has 1 aliphatic heterocycles. The van der Waals surface area contributed by atoms with Crippen molar-refractivity contribution in [3.63, 3.8) is 0 Å². The van der Waals surface area contributed by atoms with E-state index in [4.69, 9.17) is 0 Å². The lowest BCUT2D eigenvalue weighted by atomic mass is 10.1. The van der Waals surface area contributed by atoms with Crippen LogP contribution in [0.2, 0.25) is 0 Å². The van der Waals surface area contributed by atoms with E-state index in [0.29, 0.717) is 5.69 Å². The molecule has 6 nitrogen and oxygen atoms in total. The van der Waals surface area contributed by atoms with Crippen LogP contribution in [0.15, 0.2) is 53.4 Å². The van der Waals surface area contributed by atoms with E-state index in [0.717, 1.165) is 12.0 Å². The molecule has 0 spiro atoms. The standard InChI is InChI=1S/C21H24N2O4S/c1-4-15-8-7-9-16(12-15)22-19(24)14-23-17-10-5-6-11-18(17)28(26,27)21(2,3)13-20(23)25/h5-12H,4,13-14H2,1-3H3,(H,22,24). The molecule has 0 fully saturated rings. The van der Waals surface area contributed by atoms with Crippen LogP contribution in [0.3, 0.4) is 0 Å². The lowest BCUT2D eigenvalue weighted by Gasteiger charge is -2.22. The third-order valence-corrected chi connectivity index (χ3v) is 7.50. The van der Waals surface area contributed by atoms with Gasteiger partial charge in [0, 0.05) is 12.1 Å². The van der Waals surface area contributed by atoms with Crippen molar-refractivity contribution in [1.82, 2.24) is 0 Å². The van der Waals surface area contributed by atoms with Crippen LogP contribution >= 0.6 is 0 Å². The molecule has 148 valence electrons. The Morgan fingerprint density at radius 3 is 2.57 bits per heavy atom. The average molecular weight is 401 g/mol. The van der Waals surface area contributed by atoms with Gasteiger partial charge in [0.2, 0.25) is 11.8 Å². The summed E-state index contributed by atoms with van der Waals surface area (Å²) in [6.45, 7) is 4.85. The summed E-state index contributed by atoms with van der Waals surface area (Å²) in [5.41, 5.74) is 1.98. The van der Waals surface area contributed by atoms with Gasteiger partial charge in [0.25, 0.3) is 0 Å². The fraction of sp³-hybridized carbons (Fsp3) is 0.333. The van der Waals surface area contributed by atoms with Gasteiger partial charge in [0.15, 0.2) is 9.84 Å². The molecule has 2 aromatic rings. The van der Waals surface area contributed by atoms with Gasteiger partial charge in [-0.1, -0.05) is 31.2 Å². The van der Waals surface area contributed by atoms with E-state index in [2.05, 4.69) is 5.32 Å². The van der Waals surface area contributed by atoms with Gasteiger partial charge in [-0.05, 0) is 50.1 Å². The van der Waals surface area contributed by atoms with E-state index in [1.165, 1.54) is 24.8 Å². The van der Waals surface area contributed by atoms with Gasteiger partial charge in [-0.3, -0.25) is 9.59 Å². The largest absolute Gasteiger partial charge is 0.325 e. The third kappa shape index (κ3) is 3.67. The Balaban J connectivity index is 1.92.